The fraction of sp³-hybridized carbons (Fsp3) is 1.00. The molecule has 2 aliphatic carbocycles. The minimum Gasteiger partial charge on any atom is -0.394 e. The maximum atomic E-state index is 9.65. The normalized spacial score (nSPS) is 24.4. The molecule has 100 valence electrons. The van der Waals surface area contributed by atoms with Crippen molar-refractivity contribution in [2.75, 3.05) is 19.7 Å². The van der Waals surface area contributed by atoms with Crippen LogP contribution in [0.3, 0.4) is 0 Å². The minimum absolute atomic E-state index is 0.125. The fourth-order valence-corrected chi connectivity index (χ4v) is 2.40. The molecule has 3 nitrogen and oxygen atoms in total. The number of aliphatic hydroxyl groups is 1. The lowest BCUT2D eigenvalue weighted by atomic mass is 10.0. The van der Waals surface area contributed by atoms with Crippen molar-refractivity contribution in [3.63, 3.8) is 0 Å². The third kappa shape index (κ3) is 4.23. The molecule has 0 aromatic rings. The van der Waals surface area contributed by atoms with Gasteiger partial charge in [0.1, 0.15) is 0 Å². The first-order chi connectivity index (χ1) is 8.02. The quantitative estimate of drug-likeness (QED) is 0.676. The second-order valence-corrected chi connectivity index (χ2v) is 6.60. The Bertz CT molecular complexity index is 249. The van der Waals surface area contributed by atoms with Crippen molar-refractivity contribution in [1.82, 2.24) is 10.2 Å². The smallest absolute Gasteiger partial charge is 0.0623 e. The molecule has 2 saturated carbocycles. The van der Waals surface area contributed by atoms with E-state index in [0.29, 0.717) is 12.1 Å². The van der Waals surface area contributed by atoms with Gasteiger partial charge < -0.3 is 10.4 Å². The van der Waals surface area contributed by atoms with Gasteiger partial charge in [-0.2, -0.15) is 0 Å². The molecule has 2 rings (SSSR count). The molecule has 17 heavy (non-hydrogen) atoms. The van der Waals surface area contributed by atoms with Crippen molar-refractivity contribution in [1.29, 1.82) is 0 Å². The van der Waals surface area contributed by atoms with Crippen molar-refractivity contribution in [2.24, 2.45) is 5.92 Å². The highest BCUT2D eigenvalue weighted by Crippen LogP contribution is 2.31. The predicted molar refractivity (Wildman–Crippen MR) is 71.1 cm³/mol. The van der Waals surface area contributed by atoms with Crippen LogP contribution in [0.1, 0.15) is 46.5 Å². The zero-order valence-electron chi connectivity index (χ0n) is 11.6. The van der Waals surface area contributed by atoms with Crippen LogP contribution in [0.5, 0.6) is 0 Å². The Morgan fingerprint density at radius 3 is 2.35 bits per heavy atom. The SMILES string of the molecule is CC(C)N(CC1CC1)CC(C)(CO)NC1CC1. The van der Waals surface area contributed by atoms with E-state index in [1.807, 2.05) is 0 Å². The van der Waals surface area contributed by atoms with Gasteiger partial charge in [0.05, 0.1) is 12.1 Å². The number of hydrogen-bond acceptors (Lipinski definition) is 3. The van der Waals surface area contributed by atoms with Crippen LogP contribution in [0, 0.1) is 5.92 Å². The van der Waals surface area contributed by atoms with Crippen LogP contribution in [-0.4, -0.2) is 47.3 Å². The van der Waals surface area contributed by atoms with Gasteiger partial charge in [0.25, 0.3) is 0 Å². The van der Waals surface area contributed by atoms with Crippen LogP contribution in [0.25, 0.3) is 0 Å². The largest absolute Gasteiger partial charge is 0.394 e. The number of nitrogens with zero attached hydrogens (tertiary/aromatic N) is 1. The number of rotatable bonds is 8. The molecule has 1 atom stereocenters. The third-order valence-corrected chi connectivity index (χ3v) is 3.95. The zero-order valence-corrected chi connectivity index (χ0v) is 11.6. The van der Waals surface area contributed by atoms with Gasteiger partial charge in [0.2, 0.25) is 0 Å². The summed E-state index contributed by atoms with van der Waals surface area (Å²) in [5, 5.41) is 13.3. The summed E-state index contributed by atoms with van der Waals surface area (Å²) in [7, 11) is 0. The van der Waals surface area contributed by atoms with Crippen molar-refractivity contribution in [3.05, 3.63) is 0 Å². The van der Waals surface area contributed by atoms with Crippen LogP contribution < -0.4 is 5.32 Å². The lowest BCUT2D eigenvalue weighted by Crippen LogP contribution is -2.56. The molecule has 2 aliphatic rings. The molecule has 0 saturated heterocycles. The Morgan fingerprint density at radius 2 is 1.94 bits per heavy atom. The van der Waals surface area contributed by atoms with Crippen LogP contribution in [0.4, 0.5) is 0 Å². The summed E-state index contributed by atoms with van der Waals surface area (Å²) >= 11 is 0. The van der Waals surface area contributed by atoms with E-state index >= 15 is 0 Å². The van der Waals surface area contributed by atoms with E-state index < -0.39 is 0 Å². The monoisotopic (exact) mass is 240 g/mol. The van der Waals surface area contributed by atoms with Crippen molar-refractivity contribution >= 4 is 0 Å². The van der Waals surface area contributed by atoms with Gasteiger partial charge in [-0.3, -0.25) is 4.90 Å². The second-order valence-electron chi connectivity index (χ2n) is 6.60. The molecule has 0 bridgehead atoms. The highest BCUT2D eigenvalue weighted by Gasteiger charge is 2.35. The van der Waals surface area contributed by atoms with Gasteiger partial charge in [-0.05, 0) is 52.4 Å². The Hall–Kier alpha value is -0.120. The maximum Gasteiger partial charge on any atom is 0.0623 e. The molecular weight excluding hydrogens is 212 g/mol. The number of hydrogen-bond donors (Lipinski definition) is 2. The summed E-state index contributed by atoms with van der Waals surface area (Å²) in [5.41, 5.74) is -0.125. The molecule has 0 spiro atoms. The standard InChI is InChI=1S/C14H28N2O/c1-11(2)16(8-12-4-5-12)9-14(3,10-17)15-13-6-7-13/h11-13,15,17H,4-10H2,1-3H3. The Morgan fingerprint density at radius 1 is 1.29 bits per heavy atom. The summed E-state index contributed by atoms with van der Waals surface area (Å²) in [6.45, 7) is 9.09. The van der Waals surface area contributed by atoms with Crippen molar-refractivity contribution < 1.29 is 5.11 Å². The lowest BCUT2D eigenvalue weighted by molar-refractivity contribution is 0.0984. The number of nitrogens with one attached hydrogen (secondary N) is 1. The van der Waals surface area contributed by atoms with E-state index in [2.05, 4.69) is 31.0 Å². The highest BCUT2D eigenvalue weighted by molar-refractivity contribution is 4.95. The highest BCUT2D eigenvalue weighted by atomic mass is 16.3. The van der Waals surface area contributed by atoms with Gasteiger partial charge in [0.15, 0.2) is 0 Å². The van der Waals surface area contributed by atoms with Crippen LogP contribution >= 0.6 is 0 Å². The second kappa shape index (κ2) is 5.25. The van der Waals surface area contributed by atoms with Gasteiger partial charge in [-0.1, -0.05) is 0 Å². The summed E-state index contributed by atoms with van der Waals surface area (Å²) in [5.74, 6) is 0.918. The molecule has 3 heteroatoms. The summed E-state index contributed by atoms with van der Waals surface area (Å²) in [4.78, 5) is 2.53. The van der Waals surface area contributed by atoms with E-state index in [-0.39, 0.29) is 12.1 Å². The molecule has 0 aromatic carbocycles. The molecule has 0 heterocycles. The van der Waals surface area contributed by atoms with E-state index in [9.17, 15) is 5.11 Å². The molecular formula is C14H28N2O. The summed E-state index contributed by atoms with van der Waals surface area (Å²) < 4.78 is 0. The van der Waals surface area contributed by atoms with Crippen LogP contribution in [0.15, 0.2) is 0 Å². The minimum atomic E-state index is -0.125. The Balaban J connectivity index is 1.87. The van der Waals surface area contributed by atoms with E-state index in [1.165, 1.54) is 32.2 Å². The Kier molecular flexibility index (Phi) is 4.11. The van der Waals surface area contributed by atoms with Gasteiger partial charge >= 0.3 is 0 Å². The van der Waals surface area contributed by atoms with Gasteiger partial charge in [-0.15, -0.1) is 0 Å². The number of aliphatic hydroxyl groups excluding tert-OH is 1. The average Bonchev–Trinajstić information content (AvgIpc) is 3.12. The van der Waals surface area contributed by atoms with Crippen LogP contribution in [-0.2, 0) is 0 Å². The lowest BCUT2D eigenvalue weighted by Gasteiger charge is -2.37. The third-order valence-electron chi connectivity index (χ3n) is 3.95. The molecule has 0 amide bonds. The van der Waals surface area contributed by atoms with Gasteiger partial charge in [-0.25, -0.2) is 0 Å². The average molecular weight is 240 g/mol. The predicted octanol–water partition coefficient (Wildman–Crippen LogP) is 1.61. The van der Waals surface area contributed by atoms with Crippen molar-refractivity contribution in [2.45, 2.75) is 64.1 Å². The first-order valence-electron chi connectivity index (χ1n) is 7.15. The maximum absolute atomic E-state index is 9.65. The molecule has 1 unspecified atom stereocenters. The first-order valence-corrected chi connectivity index (χ1v) is 7.15. The first kappa shape index (κ1) is 13.3. The fourth-order valence-electron chi connectivity index (χ4n) is 2.40. The van der Waals surface area contributed by atoms with E-state index in [1.54, 1.807) is 0 Å². The molecule has 2 fully saturated rings. The van der Waals surface area contributed by atoms with Gasteiger partial charge in [0, 0.05) is 25.2 Å². The van der Waals surface area contributed by atoms with E-state index in [4.69, 9.17) is 0 Å². The molecule has 0 aromatic heterocycles. The molecule has 0 aliphatic heterocycles. The van der Waals surface area contributed by atoms with Crippen LogP contribution in [0.2, 0.25) is 0 Å². The zero-order chi connectivity index (χ0) is 12.5. The molecule has 0 radical (unpaired) electrons. The topological polar surface area (TPSA) is 35.5 Å². The van der Waals surface area contributed by atoms with Crippen molar-refractivity contribution in [3.8, 4) is 0 Å². The summed E-state index contributed by atoms with van der Waals surface area (Å²) in [6.07, 6.45) is 5.35. The summed E-state index contributed by atoms with van der Waals surface area (Å²) in [6, 6.07) is 1.23. The Labute approximate surface area is 106 Å². The van der Waals surface area contributed by atoms with E-state index in [0.717, 1.165) is 12.5 Å². The molecule has 2 N–H and O–H groups in total.